The van der Waals surface area contributed by atoms with Crippen LogP contribution < -0.4 is 20.0 Å². The first kappa shape index (κ1) is 49.1. The summed E-state index contributed by atoms with van der Waals surface area (Å²) in [6, 6.07) is 27.9. The SMILES string of the molecule is CCc1c(F)ccc2cc3c(cnn3C3CCCCO3)c(-c3nn(C)c4c5c(N6CCOC[C@@](C)(O)C6)nc(OC[C@@]67CCCN6[C@H](CO[Si](c6ccccc6)(c6ccccc6)C(C)(C)C)CC7)nc5n(C)c34)c12. The van der Waals surface area contributed by atoms with E-state index < -0.39 is 13.9 Å². The number of aromatic nitrogens is 7. The predicted octanol–water partition coefficient (Wildman–Crippen LogP) is 8.97. The molecule has 1 unspecified atom stereocenters. The van der Waals surface area contributed by atoms with Crippen molar-refractivity contribution in [2.24, 2.45) is 14.1 Å². The van der Waals surface area contributed by atoms with E-state index in [9.17, 15) is 5.11 Å². The second-order valence-corrected chi connectivity index (χ2v) is 27.1. The molecule has 0 bridgehead atoms. The molecule has 4 aromatic carbocycles. The van der Waals surface area contributed by atoms with Crippen LogP contribution in [0.25, 0.3) is 55.0 Å². The number of benzene rings is 4. The molecular weight excluding hydrogens is 950 g/mol. The molecule has 1 N–H and O–H groups in total. The fourth-order valence-electron chi connectivity index (χ4n) is 13.5. The Kier molecular flexibility index (Phi) is 12.5. The Labute approximate surface area is 433 Å². The molecule has 0 saturated carbocycles. The van der Waals surface area contributed by atoms with Crippen LogP contribution in [0.2, 0.25) is 5.04 Å². The number of rotatable bonds is 12. The molecule has 16 heteroatoms. The summed E-state index contributed by atoms with van der Waals surface area (Å²) in [7, 11) is 1.22. The van der Waals surface area contributed by atoms with Crippen molar-refractivity contribution >= 4 is 68.3 Å². The van der Waals surface area contributed by atoms with Crippen molar-refractivity contribution in [2.45, 2.75) is 114 Å². The monoisotopic (exact) mass is 1020 g/mol. The summed E-state index contributed by atoms with van der Waals surface area (Å²) in [5.41, 5.74) is 4.04. The van der Waals surface area contributed by atoms with E-state index in [1.165, 1.54) is 10.4 Å². The van der Waals surface area contributed by atoms with E-state index in [4.69, 9.17) is 38.8 Å². The van der Waals surface area contributed by atoms with Gasteiger partial charge in [0, 0.05) is 44.2 Å². The van der Waals surface area contributed by atoms with Crippen molar-refractivity contribution in [1.82, 2.24) is 39.0 Å². The normalized spacial score (nSPS) is 23.2. The maximum absolute atomic E-state index is 16.1. The summed E-state index contributed by atoms with van der Waals surface area (Å²) in [6.07, 6.45) is 9.21. The lowest BCUT2D eigenvalue weighted by molar-refractivity contribution is -0.0366. The lowest BCUT2D eigenvalue weighted by Gasteiger charge is -2.44. The van der Waals surface area contributed by atoms with Gasteiger partial charge >= 0.3 is 6.01 Å². The zero-order chi connectivity index (χ0) is 51.1. The number of hydrogen-bond donors (Lipinski definition) is 1. The third-order valence-electron chi connectivity index (χ3n) is 16.9. The van der Waals surface area contributed by atoms with Gasteiger partial charge in [0.2, 0.25) is 0 Å². The Balaban J connectivity index is 0.948. The van der Waals surface area contributed by atoms with E-state index in [0.29, 0.717) is 62.1 Å². The van der Waals surface area contributed by atoms with E-state index >= 15 is 4.39 Å². The van der Waals surface area contributed by atoms with Crippen LogP contribution in [-0.2, 0) is 34.4 Å². The molecule has 0 amide bonds. The summed E-state index contributed by atoms with van der Waals surface area (Å²) in [4.78, 5) is 15.4. The molecule has 4 fully saturated rings. The molecule has 0 radical (unpaired) electrons. The number of hydrogen-bond acceptors (Lipinski definition) is 11. The number of aryl methyl sites for hydroxylation is 3. The van der Waals surface area contributed by atoms with E-state index in [1.54, 1.807) is 13.0 Å². The van der Waals surface area contributed by atoms with Crippen molar-refractivity contribution < 1.29 is 28.1 Å². The molecule has 0 spiro atoms. The summed E-state index contributed by atoms with van der Waals surface area (Å²) in [5.74, 6) is 0.393. The first-order valence-corrected chi connectivity index (χ1v) is 28.8. The molecule has 8 heterocycles. The Hall–Kier alpha value is -5.75. The Morgan fingerprint density at radius 3 is 2.38 bits per heavy atom. The lowest BCUT2D eigenvalue weighted by atomic mass is 9.92. The van der Waals surface area contributed by atoms with E-state index in [2.05, 4.69) is 102 Å². The lowest BCUT2D eigenvalue weighted by Crippen LogP contribution is -2.67. The van der Waals surface area contributed by atoms with Crippen molar-refractivity contribution in [2.75, 3.05) is 57.6 Å². The smallest absolute Gasteiger partial charge is 0.320 e. The highest BCUT2D eigenvalue weighted by Crippen LogP contribution is 2.47. The van der Waals surface area contributed by atoms with Crippen molar-refractivity contribution in [3.63, 3.8) is 0 Å². The highest BCUT2D eigenvalue weighted by Gasteiger charge is 2.54. The second kappa shape index (κ2) is 18.8. The van der Waals surface area contributed by atoms with Crippen LogP contribution in [0.1, 0.15) is 91.4 Å². The van der Waals surface area contributed by atoms with Crippen LogP contribution in [0, 0.1) is 5.82 Å². The van der Waals surface area contributed by atoms with Gasteiger partial charge < -0.3 is 33.2 Å². The Morgan fingerprint density at radius 2 is 1.66 bits per heavy atom. The second-order valence-electron chi connectivity index (χ2n) is 22.8. The summed E-state index contributed by atoms with van der Waals surface area (Å²) >= 11 is 0. The van der Waals surface area contributed by atoms with Gasteiger partial charge in [-0.05, 0) is 109 Å². The maximum atomic E-state index is 16.1. The van der Waals surface area contributed by atoms with Gasteiger partial charge in [0.1, 0.15) is 29.5 Å². The average molecular weight is 1020 g/mol. The van der Waals surface area contributed by atoms with Gasteiger partial charge in [-0.1, -0.05) is 94.4 Å². The fraction of sp³-hybridized carbons (Fsp3) is 0.483. The van der Waals surface area contributed by atoms with Crippen molar-refractivity contribution in [1.29, 1.82) is 0 Å². The van der Waals surface area contributed by atoms with Crippen LogP contribution in [-0.4, -0.2) is 122 Å². The quantitative estimate of drug-likeness (QED) is 0.118. The molecular formula is C58H70FN9O5Si. The molecule has 12 rings (SSSR count). The Morgan fingerprint density at radius 1 is 0.892 bits per heavy atom. The predicted molar refractivity (Wildman–Crippen MR) is 292 cm³/mol. The first-order valence-electron chi connectivity index (χ1n) is 26.9. The van der Waals surface area contributed by atoms with E-state index in [-0.39, 0.29) is 47.8 Å². The molecule has 14 nitrogen and oxygen atoms in total. The molecule has 388 valence electrons. The van der Waals surface area contributed by atoms with Crippen LogP contribution in [0.3, 0.4) is 0 Å². The summed E-state index contributed by atoms with van der Waals surface area (Å²) in [5, 5.41) is 27.8. The molecule has 4 atom stereocenters. The number of β-amino-alcohol motifs (C(OH)–C–C–N with tert-alkyl or cyclic N) is 1. The molecule has 4 aromatic heterocycles. The average Bonchev–Trinajstić information content (AvgIpc) is 4.21. The number of ether oxygens (including phenoxy) is 3. The summed E-state index contributed by atoms with van der Waals surface area (Å²) in [6.45, 7) is 15.0. The van der Waals surface area contributed by atoms with Crippen LogP contribution in [0.5, 0.6) is 6.01 Å². The van der Waals surface area contributed by atoms with Gasteiger partial charge in [0.15, 0.2) is 11.9 Å². The van der Waals surface area contributed by atoms with Gasteiger partial charge in [-0.2, -0.15) is 20.2 Å². The molecule has 8 aromatic rings. The molecule has 0 aliphatic carbocycles. The minimum atomic E-state index is -2.75. The highest BCUT2D eigenvalue weighted by atomic mass is 28.4. The minimum Gasteiger partial charge on any atom is -0.461 e. The maximum Gasteiger partial charge on any atom is 0.320 e. The molecule has 4 saturated heterocycles. The van der Waals surface area contributed by atoms with Gasteiger partial charge in [0.25, 0.3) is 8.32 Å². The fourth-order valence-corrected chi connectivity index (χ4v) is 18.1. The zero-order valence-corrected chi connectivity index (χ0v) is 45.0. The number of aliphatic hydroxyl groups is 1. The minimum absolute atomic E-state index is 0.122. The first-order chi connectivity index (χ1) is 35.7. The van der Waals surface area contributed by atoms with Crippen LogP contribution in [0.4, 0.5) is 10.2 Å². The van der Waals surface area contributed by atoms with E-state index in [0.717, 1.165) is 95.1 Å². The summed E-state index contributed by atoms with van der Waals surface area (Å²) < 4.78 is 48.9. The van der Waals surface area contributed by atoms with Crippen LogP contribution in [0.15, 0.2) is 85.1 Å². The largest absolute Gasteiger partial charge is 0.461 e. The van der Waals surface area contributed by atoms with Gasteiger partial charge in [0.05, 0.1) is 60.0 Å². The topological polar surface area (TPSA) is 130 Å². The molecule has 4 aliphatic heterocycles. The van der Waals surface area contributed by atoms with Crippen molar-refractivity contribution in [3.05, 3.63) is 96.4 Å². The van der Waals surface area contributed by atoms with Gasteiger partial charge in [-0.15, -0.1) is 0 Å². The van der Waals surface area contributed by atoms with Crippen LogP contribution >= 0.6 is 0 Å². The third kappa shape index (κ3) is 8.04. The Bertz CT molecular complexity index is 3340. The molecule has 4 aliphatic rings. The van der Waals surface area contributed by atoms with E-state index in [1.807, 2.05) is 42.6 Å². The number of anilines is 1. The van der Waals surface area contributed by atoms with Gasteiger partial charge in [-0.3, -0.25) is 9.58 Å². The number of fused-ring (bicyclic) bond motifs is 6. The number of nitrogens with zero attached hydrogens (tertiary/aromatic N) is 9. The van der Waals surface area contributed by atoms with Gasteiger partial charge in [-0.25, -0.2) is 9.07 Å². The third-order valence-corrected chi connectivity index (χ3v) is 21.9. The standard InChI is InChI=1S/C58H70FN9O5Si/c1-8-42-44(59)24-23-38-32-45-43(33-60-68(45)46-22-15-16-30-71-46)48(47(38)42)50-52-51(65(7)63-50)49-53(64(52)6)61-55(62-54(49)66-29-31-70-36-57(5,69)35-66)72-37-58-26-17-28-67(58)39(25-27-58)34-73-74(56(2,3)4,40-18-11-9-12-19-40)41-20-13-10-14-21-41/h9-14,18-21,23-24,32-33,39,46,69H,8,15-17,22,25-31,34-37H2,1-7H3/t39-,46?,57-,58-/m0/s1. The number of halogens is 1. The highest BCUT2D eigenvalue weighted by molar-refractivity contribution is 6.99. The molecule has 74 heavy (non-hydrogen) atoms. The van der Waals surface area contributed by atoms with Crippen molar-refractivity contribution in [3.8, 4) is 17.3 Å². The zero-order valence-electron chi connectivity index (χ0n) is 44.0.